The van der Waals surface area contributed by atoms with E-state index in [1.54, 1.807) is 0 Å². The van der Waals surface area contributed by atoms with Crippen LogP contribution in [0.4, 0.5) is 24.5 Å². The van der Waals surface area contributed by atoms with Crippen LogP contribution in [-0.2, 0) is 11.0 Å². The van der Waals surface area contributed by atoms with Crippen LogP contribution >= 0.6 is 11.6 Å². The van der Waals surface area contributed by atoms with Gasteiger partial charge in [-0.3, -0.25) is 4.79 Å². The van der Waals surface area contributed by atoms with E-state index in [1.165, 1.54) is 6.07 Å². The summed E-state index contributed by atoms with van der Waals surface area (Å²) in [5.74, 6) is -0.580. The third-order valence-corrected chi connectivity index (χ3v) is 3.63. The van der Waals surface area contributed by atoms with Gasteiger partial charge < -0.3 is 10.6 Å². The molecule has 0 unspecified atom stereocenters. The van der Waals surface area contributed by atoms with Gasteiger partial charge in [0.2, 0.25) is 5.91 Å². The summed E-state index contributed by atoms with van der Waals surface area (Å²) >= 11 is 5.61. The Kier molecular flexibility index (Phi) is 5.39. The van der Waals surface area contributed by atoms with Crippen LogP contribution in [0.1, 0.15) is 16.7 Å². The molecule has 0 aromatic heterocycles. The van der Waals surface area contributed by atoms with Gasteiger partial charge in [0.25, 0.3) is 0 Å². The second kappa shape index (κ2) is 7.13. The van der Waals surface area contributed by atoms with Gasteiger partial charge >= 0.3 is 6.18 Å². The Morgan fingerprint density at radius 2 is 1.79 bits per heavy atom. The van der Waals surface area contributed by atoms with Crippen molar-refractivity contribution in [1.29, 1.82) is 0 Å². The van der Waals surface area contributed by atoms with Gasteiger partial charge in [-0.25, -0.2) is 0 Å². The molecule has 2 N–H and O–H groups in total. The molecular formula is C17H16ClF3N2O. The fourth-order valence-electron chi connectivity index (χ4n) is 2.16. The molecular weight excluding hydrogens is 341 g/mol. The molecule has 3 nitrogen and oxygen atoms in total. The standard InChI is InChI=1S/C17H16ClF3N2O/c1-10-3-4-11(2)15(7-10)22-9-16(24)23-14-6-5-12(18)8-13(14)17(19,20)21/h3-8,22H,9H2,1-2H3,(H,23,24). The van der Waals surface area contributed by atoms with E-state index in [2.05, 4.69) is 10.6 Å². The molecule has 0 radical (unpaired) electrons. The normalized spacial score (nSPS) is 11.2. The second-order valence-corrected chi connectivity index (χ2v) is 5.84. The van der Waals surface area contributed by atoms with Crippen molar-refractivity contribution in [2.24, 2.45) is 0 Å². The predicted molar refractivity (Wildman–Crippen MR) is 89.5 cm³/mol. The predicted octanol–water partition coefficient (Wildman–Crippen LogP) is 5.03. The zero-order chi connectivity index (χ0) is 17.9. The summed E-state index contributed by atoms with van der Waals surface area (Å²) in [6.07, 6.45) is -4.60. The van der Waals surface area contributed by atoms with E-state index < -0.39 is 17.6 Å². The minimum Gasteiger partial charge on any atom is -0.376 e. The topological polar surface area (TPSA) is 41.1 Å². The third-order valence-electron chi connectivity index (χ3n) is 3.39. The molecule has 128 valence electrons. The van der Waals surface area contributed by atoms with E-state index in [-0.39, 0.29) is 17.3 Å². The smallest absolute Gasteiger partial charge is 0.376 e. The highest BCUT2D eigenvalue weighted by Gasteiger charge is 2.34. The Hall–Kier alpha value is -2.21. The summed E-state index contributed by atoms with van der Waals surface area (Å²) in [5.41, 5.74) is 1.42. The number of aryl methyl sites for hydroxylation is 2. The molecule has 2 aromatic carbocycles. The lowest BCUT2D eigenvalue weighted by atomic mass is 10.1. The first kappa shape index (κ1) is 18.1. The van der Waals surface area contributed by atoms with E-state index in [4.69, 9.17) is 11.6 Å². The summed E-state index contributed by atoms with van der Waals surface area (Å²) in [5, 5.41) is 5.15. The van der Waals surface area contributed by atoms with E-state index in [9.17, 15) is 18.0 Å². The van der Waals surface area contributed by atoms with Gasteiger partial charge in [-0.1, -0.05) is 23.7 Å². The summed E-state index contributed by atoms with van der Waals surface area (Å²) in [6, 6.07) is 8.92. The first-order valence-corrected chi connectivity index (χ1v) is 7.52. The van der Waals surface area contributed by atoms with Gasteiger partial charge in [-0.15, -0.1) is 0 Å². The lowest BCUT2D eigenvalue weighted by Crippen LogP contribution is -2.23. The zero-order valence-electron chi connectivity index (χ0n) is 13.1. The van der Waals surface area contributed by atoms with Gasteiger partial charge in [-0.2, -0.15) is 13.2 Å². The number of anilines is 2. The molecule has 0 heterocycles. The number of rotatable bonds is 4. The highest BCUT2D eigenvalue weighted by atomic mass is 35.5. The molecule has 0 fully saturated rings. The average molecular weight is 357 g/mol. The largest absolute Gasteiger partial charge is 0.418 e. The Morgan fingerprint density at radius 3 is 2.46 bits per heavy atom. The maximum Gasteiger partial charge on any atom is 0.418 e. The van der Waals surface area contributed by atoms with Crippen LogP contribution in [0.5, 0.6) is 0 Å². The quantitative estimate of drug-likeness (QED) is 0.807. The fourth-order valence-corrected chi connectivity index (χ4v) is 2.33. The molecule has 7 heteroatoms. The molecule has 2 aromatic rings. The van der Waals surface area contributed by atoms with E-state index in [0.717, 1.165) is 28.9 Å². The molecule has 0 aliphatic heterocycles. The number of benzene rings is 2. The first-order valence-electron chi connectivity index (χ1n) is 7.14. The number of amides is 1. The van der Waals surface area contributed by atoms with Crippen molar-refractivity contribution < 1.29 is 18.0 Å². The summed E-state index contributed by atoms with van der Waals surface area (Å²) in [6.45, 7) is 3.64. The van der Waals surface area contributed by atoms with Crippen LogP contribution in [0.25, 0.3) is 0 Å². The van der Waals surface area contributed by atoms with E-state index in [0.29, 0.717) is 0 Å². The van der Waals surface area contributed by atoms with Crippen molar-refractivity contribution in [2.45, 2.75) is 20.0 Å². The van der Waals surface area contributed by atoms with Crippen molar-refractivity contribution >= 4 is 28.9 Å². The molecule has 0 aliphatic rings. The Bertz CT molecular complexity index is 760. The SMILES string of the molecule is Cc1ccc(C)c(NCC(=O)Nc2ccc(Cl)cc2C(F)(F)F)c1. The van der Waals surface area contributed by atoms with E-state index in [1.807, 2.05) is 32.0 Å². The minimum atomic E-state index is -4.60. The number of carbonyl (C=O) groups excluding carboxylic acids is 1. The molecule has 0 spiro atoms. The van der Waals surface area contributed by atoms with Crippen LogP contribution < -0.4 is 10.6 Å². The van der Waals surface area contributed by atoms with Crippen molar-refractivity contribution in [2.75, 3.05) is 17.2 Å². The maximum atomic E-state index is 13.0. The number of alkyl halides is 3. The molecule has 2 rings (SSSR count). The van der Waals surface area contributed by atoms with Crippen LogP contribution in [-0.4, -0.2) is 12.5 Å². The summed E-state index contributed by atoms with van der Waals surface area (Å²) in [7, 11) is 0. The maximum absolute atomic E-state index is 13.0. The lowest BCUT2D eigenvalue weighted by Gasteiger charge is -2.15. The third kappa shape index (κ3) is 4.64. The minimum absolute atomic E-state index is 0.0474. The van der Waals surface area contributed by atoms with Gasteiger partial charge in [0.15, 0.2) is 0 Å². The molecule has 0 aliphatic carbocycles. The molecule has 1 amide bonds. The van der Waals surface area contributed by atoms with E-state index >= 15 is 0 Å². The first-order chi connectivity index (χ1) is 11.2. The monoisotopic (exact) mass is 356 g/mol. The second-order valence-electron chi connectivity index (χ2n) is 5.41. The van der Waals surface area contributed by atoms with Crippen molar-refractivity contribution in [3.8, 4) is 0 Å². The van der Waals surface area contributed by atoms with Gasteiger partial charge in [0, 0.05) is 10.7 Å². The number of nitrogens with one attached hydrogen (secondary N) is 2. The fraction of sp³-hybridized carbons (Fsp3) is 0.235. The van der Waals surface area contributed by atoms with Crippen LogP contribution in [0.2, 0.25) is 5.02 Å². The number of hydrogen-bond acceptors (Lipinski definition) is 2. The number of halogens is 4. The van der Waals surface area contributed by atoms with Gasteiger partial charge in [0.05, 0.1) is 17.8 Å². The van der Waals surface area contributed by atoms with Crippen molar-refractivity contribution in [3.05, 3.63) is 58.1 Å². The molecule has 0 saturated carbocycles. The lowest BCUT2D eigenvalue weighted by molar-refractivity contribution is -0.137. The van der Waals surface area contributed by atoms with Crippen LogP contribution in [0.3, 0.4) is 0 Å². The van der Waals surface area contributed by atoms with Gasteiger partial charge in [-0.05, 0) is 49.2 Å². The van der Waals surface area contributed by atoms with Crippen LogP contribution in [0.15, 0.2) is 36.4 Å². The average Bonchev–Trinajstić information content (AvgIpc) is 2.49. The Balaban J connectivity index is 2.09. The highest BCUT2D eigenvalue weighted by Crippen LogP contribution is 2.36. The number of carbonyl (C=O) groups is 1. The molecule has 0 bridgehead atoms. The van der Waals surface area contributed by atoms with Crippen molar-refractivity contribution in [3.63, 3.8) is 0 Å². The highest BCUT2D eigenvalue weighted by molar-refractivity contribution is 6.30. The molecule has 0 atom stereocenters. The zero-order valence-corrected chi connectivity index (χ0v) is 13.8. The summed E-state index contributed by atoms with van der Waals surface area (Å²) < 4.78 is 39.0. The Labute approximate surface area is 142 Å². The molecule has 24 heavy (non-hydrogen) atoms. The number of hydrogen-bond donors (Lipinski definition) is 2. The molecule has 0 saturated heterocycles. The summed E-state index contributed by atoms with van der Waals surface area (Å²) in [4.78, 5) is 12.0. The van der Waals surface area contributed by atoms with Crippen LogP contribution in [0, 0.1) is 13.8 Å². The van der Waals surface area contributed by atoms with Crippen molar-refractivity contribution in [1.82, 2.24) is 0 Å². The van der Waals surface area contributed by atoms with Gasteiger partial charge in [0.1, 0.15) is 0 Å². The Morgan fingerprint density at radius 1 is 1.08 bits per heavy atom.